The number of rotatable bonds is 4. The second-order valence-corrected chi connectivity index (χ2v) is 4.82. The minimum absolute atomic E-state index is 0.316. The summed E-state index contributed by atoms with van der Waals surface area (Å²) < 4.78 is 11.1. The Bertz CT molecular complexity index is 598. The predicted octanol–water partition coefficient (Wildman–Crippen LogP) is 3.43. The number of hydrogen-bond donors (Lipinski definition) is 0. The highest BCUT2D eigenvalue weighted by molar-refractivity contribution is 7.21. The van der Waals surface area contributed by atoms with E-state index in [1.165, 1.54) is 18.4 Å². The van der Waals surface area contributed by atoms with Gasteiger partial charge in [-0.15, -0.1) is 17.9 Å². The molecule has 2 aromatic rings. The summed E-state index contributed by atoms with van der Waals surface area (Å²) in [5.41, 5.74) is 1.07. The Morgan fingerprint density at radius 3 is 2.83 bits per heavy atom. The molecule has 0 aliphatic heterocycles. The van der Waals surface area contributed by atoms with Crippen molar-refractivity contribution in [1.29, 1.82) is 0 Å². The van der Waals surface area contributed by atoms with Crippen molar-refractivity contribution in [2.24, 2.45) is 0 Å². The highest BCUT2D eigenvalue weighted by atomic mass is 32.1. The van der Waals surface area contributed by atoms with Gasteiger partial charge in [0.15, 0.2) is 0 Å². The second-order valence-electron chi connectivity index (χ2n) is 3.77. The zero-order chi connectivity index (χ0) is 13.1. The fourth-order valence-electron chi connectivity index (χ4n) is 1.86. The van der Waals surface area contributed by atoms with Crippen LogP contribution in [0.2, 0.25) is 0 Å². The molecule has 0 fully saturated rings. The number of fused-ring (bicyclic) bond motifs is 1. The zero-order valence-electron chi connectivity index (χ0n) is 10.4. The molecule has 1 aromatic heterocycles. The van der Waals surface area contributed by atoms with Gasteiger partial charge in [0, 0.05) is 0 Å². The van der Waals surface area contributed by atoms with Crippen LogP contribution < -0.4 is 4.74 Å². The number of ether oxygens (including phenoxy) is 2. The van der Waals surface area contributed by atoms with E-state index in [-0.39, 0.29) is 5.97 Å². The van der Waals surface area contributed by atoms with Gasteiger partial charge in [0.2, 0.25) is 0 Å². The van der Waals surface area contributed by atoms with Crippen LogP contribution in [-0.4, -0.2) is 20.2 Å². The third kappa shape index (κ3) is 2.11. The second kappa shape index (κ2) is 5.23. The first-order valence-corrected chi connectivity index (χ1v) is 6.31. The van der Waals surface area contributed by atoms with Gasteiger partial charge in [-0.05, 0) is 23.4 Å². The van der Waals surface area contributed by atoms with Gasteiger partial charge >= 0.3 is 5.97 Å². The van der Waals surface area contributed by atoms with Gasteiger partial charge in [-0.1, -0.05) is 18.2 Å². The lowest BCUT2D eigenvalue weighted by atomic mass is 10.1. The van der Waals surface area contributed by atoms with Crippen LogP contribution in [0.15, 0.2) is 30.9 Å². The highest BCUT2D eigenvalue weighted by Gasteiger charge is 2.15. The van der Waals surface area contributed by atoms with Crippen LogP contribution in [0.4, 0.5) is 0 Å². The molecular weight excluding hydrogens is 248 g/mol. The molecule has 0 spiro atoms. The summed E-state index contributed by atoms with van der Waals surface area (Å²) in [6.07, 6.45) is 2.57. The molecule has 4 heteroatoms. The van der Waals surface area contributed by atoms with Gasteiger partial charge in [0.05, 0.1) is 18.9 Å². The first-order valence-electron chi connectivity index (χ1n) is 5.50. The maximum Gasteiger partial charge on any atom is 0.348 e. The third-order valence-electron chi connectivity index (χ3n) is 2.68. The van der Waals surface area contributed by atoms with Gasteiger partial charge < -0.3 is 9.47 Å². The van der Waals surface area contributed by atoms with Crippen molar-refractivity contribution >= 4 is 27.4 Å². The molecule has 0 unspecified atom stereocenters. The lowest BCUT2D eigenvalue weighted by Gasteiger charge is -2.07. The van der Waals surface area contributed by atoms with Crippen molar-refractivity contribution in [2.45, 2.75) is 6.42 Å². The van der Waals surface area contributed by atoms with Crippen LogP contribution in [0.3, 0.4) is 0 Å². The van der Waals surface area contributed by atoms with Gasteiger partial charge in [-0.2, -0.15) is 0 Å². The maximum atomic E-state index is 11.5. The smallest absolute Gasteiger partial charge is 0.348 e. The fourth-order valence-corrected chi connectivity index (χ4v) is 2.98. The Kier molecular flexibility index (Phi) is 3.67. The standard InChI is InChI=1S/C14H14O3S/c1-4-5-9-6-7-10-8-11(14(15)17-3)18-13(10)12(9)16-2/h4,6-8H,1,5H2,2-3H3. The average Bonchev–Trinajstić information content (AvgIpc) is 2.82. The maximum absolute atomic E-state index is 11.5. The minimum atomic E-state index is -0.316. The van der Waals surface area contributed by atoms with E-state index in [0.29, 0.717) is 4.88 Å². The van der Waals surface area contributed by atoms with Crippen LogP contribution in [0, 0.1) is 0 Å². The topological polar surface area (TPSA) is 35.5 Å². The lowest BCUT2D eigenvalue weighted by Crippen LogP contribution is -1.96. The van der Waals surface area contributed by atoms with Crippen LogP contribution in [0.5, 0.6) is 5.75 Å². The Morgan fingerprint density at radius 1 is 1.44 bits per heavy atom. The monoisotopic (exact) mass is 262 g/mol. The Labute approximate surface area is 110 Å². The van der Waals surface area contributed by atoms with Crippen molar-refractivity contribution in [1.82, 2.24) is 0 Å². The number of thiophene rings is 1. The largest absolute Gasteiger partial charge is 0.495 e. The number of carbonyl (C=O) groups is 1. The van der Waals surface area contributed by atoms with Crippen LogP contribution >= 0.6 is 11.3 Å². The van der Waals surface area contributed by atoms with E-state index < -0.39 is 0 Å². The van der Waals surface area contributed by atoms with Crippen molar-refractivity contribution in [3.8, 4) is 5.75 Å². The molecule has 0 saturated heterocycles. The molecule has 0 aliphatic rings. The van der Waals surface area contributed by atoms with E-state index >= 15 is 0 Å². The van der Waals surface area contributed by atoms with E-state index in [1.54, 1.807) is 7.11 Å². The Hall–Kier alpha value is -1.81. The summed E-state index contributed by atoms with van der Waals surface area (Å²) in [5, 5.41) is 0.991. The van der Waals surface area contributed by atoms with Gasteiger partial charge in [-0.3, -0.25) is 0 Å². The first kappa shape index (κ1) is 12.6. The molecule has 2 rings (SSSR count). The summed E-state index contributed by atoms with van der Waals surface area (Å²) in [6.45, 7) is 3.73. The molecule has 1 aromatic carbocycles. The molecule has 3 nitrogen and oxygen atoms in total. The van der Waals surface area contributed by atoms with Crippen molar-refractivity contribution in [3.63, 3.8) is 0 Å². The summed E-state index contributed by atoms with van der Waals surface area (Å²) in [7, 11) is 3.02. The van der Waals surface area contributed by atoms with Crippen molar-refractivity contribution in [2.75, 3.05) is 14.2 Å². The number of esters is 1. The lowest BCUT2D eigenvalue weighted by molar-refractivity contribution is 0.0606. The number of methoxy groups -OCH3 is 2. The molecule has 0 bridgehead atoms. The molecule has 0 amide bonds. The number of hydrogen-bond acceptors (Lipinski definition) is 4. The molecule has 0 atom stereocenters. The summed E-state index contributed by atoms with van der Waals surface area (Å²) >= 11 is 1.39. The van der Waals surface area contributed by atoms with Crippen LogP contribution in [-0.2, 0) is 11.2 Å². The zero-order valence-corrected chi connectivity index (χ0v) is 11.2. The van der Waals surface area contributed by atoms with Crippen LogP contribution in [0.1, 0.15) is 15.2 Å². The molecule has 94 valence electrons. The molecule has 0 saturated carbocycles. The van der Waals surface area contributed by atoms with E-state index in [2.05, 4.69) is 6.58 Å². The Morgan fingerprint density at radius 2 is 2.22 bits per heavy atom. The van der Waals surface area contributed by atoms with E-state index in [9.17, 15) is 4.79 Å². The SMILES string of the molecule is C=CCc1ccc2cc(C(=O)OC)sc2c1OC. The third-order valence-corrected chi connectivity index (χ3v) is 3.81. The summed E-state index contributed by atoms with van der Waals surface area (Å²) in [4.78, 5) is 12.1. The normalized spacial score (nSPS) is 10.3. The van der Waals surface area contributed by atoms with Gasteiger partial charge in [-0.25, -0.2) is 4.79 Å². The van der Waals surface area contributed by atoms with E-state index in [1.807, 2.05) is 24.3 Å². The molecule has 18 heavy (non-hydrogen) atoms. The van der Waals surface area contributed by atoms with Crippen molar-refractivity contribution < 1.29 is 14.3 Å². The van der Waals surface area contributed by atoms with E-state index in [4.69, 9.17) is 9.47 Å². The fraction of sp³-hybridized carbons (Fsp3) is 0.214. The molecule has 0 aliphatic carbocycles. The quantitative estimate of drug-likeness (QED) is 0.625. The van der Waals surface area contributed by atoms with Gasteiger partial charge in [0.1, 0.15) is 10.6 Å². The predicted molar refractivity (Wildman–Crippen MR) is 73.6 cm³/mol. The highest BCUT2D eigenvalue weighted by Crippen LogP contribution is 2.36. The average molecular weight is 262 g/mol. The van der Waals surface area contributed by atoms with Crippen LogP contribution in [0.25, 0.3) is 10.1 Å². The first-order chi connectivity index (χ1) is 8.71. The number of benzene rings is 1. The molecular formula is C14H14O3S. The number of allylic oxidation sites excluding steroid dienone is 1. The molecule has 1 heterocycles. The summed E-state index contributed by atoms with van der Waals surface area (Å²) in [6, 6.07) is 5.81. The molecule has 0 radical (unpaired) electrons. The number of carbonyl (C=O) groups excluding carboxylic acids is 1. The Balaban J connectivity index is 2.61. The van der Waals surface area contributed by atoms with E-state index in [0.717, 1.165) is 27.8 Å². The minimum Gasteiger partial charge on any atom is -0.495 e. The molecule has 0 N–H and O–H groups in total. The van der Waals surface area contributed by atoms with Crippen molar-refractivity contribution in [3.05, 3.63) is 41.3 Å². The van der Waals surface area contributed by atoms with Gasteiger partial charge in [0.25, 0.3) is 0 Å². The summed E-state index contributed by atoms with van der Waals surface area (Å²) in [5.74, 6) is 0.496.